The minimum atomic E-state index is -0.398. The third kappa shape index (κ3) is 15.2. The van der Waals surface area contributed by atoms with Crippen LogP contribution in [-0.4, -0.2) is 26.9 Å². The highest BCUT2D eigenvalue weighted by atomic mass is 35.5. The van der Waals surface area contributed by atoms with E-state index in [0.717, 1.165) is 46.9 Å². The Kier molecular flexibility index (Phi) is 17.0. The van der Waals surface area contributed by atoms with E-state index in [-0.39, 0.29) is 26.9 Å². The van der Waals surface area contributed by atoms with Crippen LogP contribution in [0.2, 0.25) is 5.02 Å². The molecule has 4 aromatic carbocycles. The molecule has 0 spiro atoms. The standard InChI is InChI=1S/C14H13ClN2O2.C13H18N2O2.C10H14N2O2/c15-13-5-1-11(2-6-13)9-16-10-12-3-7-14(8-4-12)17(18)19;16-15(17)13-8-6-11(7-9-13)10-14-12-4-2-1-3-5-12;1-8(2)11-7-9-3-5-10(6-4-9)12(13)14/h1-8,16H,9-10H2;6-9,12,14H,1-5,10H2;3-6,8,11H,7H2,1-2H3. The summed E-state index contributed by atoms with van der Waals surface area (Å²) in [6, 6.07) is 28.6. The van der Waals surface area contributed by atoms with Gasteiger partial charge in [0.2, 0.25) is 0 Å². The maximum atomic E-state index is 10.5. The first-order valence-electron chi connectivity index (χ1n) is 16.6. The van der Waals surface area contributed by atoms with Gasteiger partial charge in [0, 0.05) is 79.7 Å². The maximum Gasteiger partial charge on any atom is 0.269 e. The van der Waals surface area contributed by atoms with Crippen molar-refractivity contribution in [1.82, 2.24) is 16.0 Å². The van der Waals surface area contributed by atoms with Gasteiger partial charge in [-0.2, -0.15) is 0 Å². The van der Waals surface area contributed by atoms with E-state index in [4.69, 9.17) is 11.6 Å². The molecular weight excluding hydrogens is 660 g/mol. The molecule has 0 bridgehead atoms. The summed E-state index contributed by atoms with van der Waals surface area (Å²) in [4.78, 5) is 30.2. The van der Waals surface area contributed by atoms with Gasteiger partial charge in [0.15, 0.2) is 0 Å². The number of non-ortho nitro benzene ring substituents is 3. The fourth-order valence-electron chi connectivity index (χ4n) is 5.05. The molecule has 0 saturated heterocycles. The molecule has 0 unspecified atom stereocenters. The lowest BCUT2D eigenvalue weighted by molar-refractivity contribution is -0.385. The average Bonchev–Trinajstić information content (AvgIpc) is 3.12. The molecule has 5 rings (SSSR count). The van der Waals surface area contributed by atoms with E-state index in [1.807, 2.05) is 36.4 Å². The number of nitrogens with zero attached hydrogens (tertiary/aromatic N) is 3. The SMILES string of the molecule is CC(C)NCc1ccc([N+](=O)[O-])cc1.O=[N+]([O-])c1ccc(CNC2CCCCC2)cc1.O=[N+]([O-])c1ccc(CNCc2ccc(Cl)cc2)cc1. The number of nitro benzene ring substituents is 3. The number of halogens is 1. The summed E-state index contributed by atoms with van der Waals surface area (Å²) in [5, 5.41) is 42.1. The average molecular weight is 705 g/mol. The van der Waals surface area contributed by atoms with Crippen molar-refractivity contribution in [2.45, 2.75) is 84.2 Å². The van der Waals surface area contributed by atoms with Crippen LogP contribution in [-0.2, 0) is 26.2 Å². The molecule has 0 aliphatic heterocycles. The first kappa shape index (κ1) is 39.7. The summed E-state index contributed by atoms with van der Waals surface area (Å²) < 4.78 is 0. The van der Waals surface area contributed by atoms with E-state index in [1.54, 1.807) is 36.4 Å². The molecule has 0 radical (unpaired) electrons. The molecule has 12 nitrogen and oxygen atoms in total. The molecule has 3 N–H and O–H groups in total. The van der Waals surface area contributed by atoms with E-state index in [9.17, 15) is 30.3 Å². The molecule has 0 atom stereocenters. The Morgan fingerprint density at radius 1 is 0.580 bits per heavy atom. The Balaban J connectivity index is 0.000000205. The fourth-order valence-corrected chi connectivity index (χ4v) is 5.18. The van der Waals surface area contributed by atoms with E-state index < -0.39 is 4.92 Å². The van der Waals surface area contributed by atoms with Gasteiger partial charge in [-0.05, 0) is 47.2 Å². The molecular formula is C37H45ClN6O6. The molecule has 1 saturated carbocycles. The summed E-state index contributed by atoms with van der Waals surface area (Å²) in [5.74, 6) is 0. The third-order valence-corrected chi connectivity index (χ3v) is 8.18. The first-order valence-corrected chi connectivity index (χ1v) is 17.0. The topological polar surface area (TPSA) is 166 Å². The predicted octanol–water partition coefficient (Wildman–Crippen LogP) is 8.65. The number of benzene rings is 4. The van der Waals surface area contributed by atoms with E-state index in [2.05, 4.69) is 29.8 Å². The molecule has 1 aliphatic rings. The Labute approximate surface area is 297 Å². The molecule has 0 aromatic heterocycles. The first-order chi connectivity index (χ1) is 24.0. The lowest BCUT2D eigenvalue weighted by atomic mass is 9.95. The summed E-state index contributed by atoms with van der Waals surface area (Å²) >= 11 is 5.81. The van der Waals surface area contributed by atoms with Gasteiger partial charge in [-0.3, -0.25) is 30.3 Å². The van der Waals surface area contributed by atoms with Gasteiger partial charge in [0.05, 0.1) is 14.8 Å². The highest BCUT2D eigenvalue weighted by Gasteiger charge is 2.12. The summed E-state index contributed by atoms with van der Waals surface area (Å²) in [6.45, 7) is 7.07. The lowest BCUT2D eigenvalue weighted by Crippen LogP contribution is -2.30. The van der Waals surface area contributed by atoms with Crippen molar-refractivity contribution in [3.05, 3.63) is 155 Å². The van der Waals surface area contributed by atoms with Gasteiger partial charge in [0.25, 0.3) is 17.1 Å². The monoisotopic (exact) mass is 704 g/mol. The van der Waals surface area contributed by atoms with Crippen LogP contribution in [0, 0.1) is 30.3 Å². The van der Waals surface area contributed by atoms with Crippen LogP contribution in [0.25, 0.3) is 0 Å². The zero-order valence-corrected chi connectivity index (χ0v) is 29.2. The zero-order valence-electron chi connectivity index (χ0n) is 28.4. The Bertz CT molecular complexity index is 1610. The lowest BCUT2D eigenvalue weighted by Gasteiger charge is -2.22. The third-order valence-electron chi connectivity index (χ3n) is 7.93. The number of rotatable bonds is 13. The highest BCUT2D eigenvalue weighted by molar-refractivity contribution is 6.30. The second kappa shape index (κ2) is 21.4. The van der Waals surface area contributed by atoms with Crippen LogP contribution in [0.5, 0.6) is 0 Å². The molecule has 0 heterocycles. The normalized spacial score (nSPS) is 12.6. The second-order valence-corrected chi connectivity index (χ2v) is 12.7. The largest absolute Gasteiger partial charge is 0.310 e. The van der Waals surface area contributed by atoms with E-state index >= 15 is 0 Å². The smallest absolute Gasteiger partial charge is 0.269 e. The van der Waals surface area contributed by atoms with Crippen molar-refractivity contribution in [2.24, 2.45) is 0 Å². The Morgan fingerprint density at radius 3 is 1.32 bits per heavy atom. The van der Waals surface area contributed by atoms with Crippen molar-refractivity contribution in [3.63, 3.8) is 0 Å². The van der Waals surface area contributed by atoms with Crippen LogP contribution in [0.3, 0.4) is 0 Å². The number of hydrogen-bond acceptors (Lipinski definition) is 9. The van der Waals surface area contributed by atoms with Crippen LogP contribution in [0.15, 0.2) is 97.1 Å². The van der Waals surface area contributed by atoms with Gasteiger partial charge in [-0.15, -0.1) is 0 Å². The van der Waals surface area contributed by atoms with Gasteiger partial charge >= 0.3 is 0 Å². The minimum absolute atomic E-state index is 0.112. The van der Waals surface area contributed by atoms with Gasteiger partial charge in [0.1, 0.15) is 0 Å². The van der Waals surface area contributed by atoms with Crippen molar-refractivity contribution in [1.29, 1.82) is 0 Å². The molecule has 1 aliphatic carbocycles. The Hall–Kier alpha value is -4.75. The van der Waals surface area contributed by atoms with Crippen LogP contribution < -0.4 is 16.0 Å². The van der Waals surface area contributed by atoms with Gasteiger partial charge in [-0.1, -0.05) is 93.2 Å². The molecule has 1 fully saturated rings. The molecule has 50 heavy (non-hydrogen) atoms. The molecule has 0 amide bonds. The molecule has 266 valence electrons. The minimum Gasteiger partial charge on any atom is -0.310 e. The predicted molar refractivity (Wildman–Crippen MR) is 197 cm³/mol. The highest BCUT2D eigenvalue weighted by Crippen LogP contribution is 2.19. The summed E-state index contributed by atoms with van der Waals surface area (Å²) in [6.07, 6.45) is 6.51. The zero-order chi connectivity index (χ0) is 36.3. The molecule has 13 heteroatoms. The van der Waals surface area contributed by atoms with Crippen molar-refractivity contribution in [2.75, 3.05) is 0 Å². The quantitative estimate of drug-likeness (QED) is 0.0912. The number of hydrogen-bond donors (Lipinski definition) is 3. The van der Waals surface area contributed by atoms with E-state index in [0.29, 0.717) is 18.6 Å². The number of nitro groups is 3. The number of nitrogens with one attached hydrogen (secondary N) is 3. The summed E-state index contributed by atoms with van der Waals surface area (Å²) in [5.41, 5.74) is 4.74. The van der Waals surface area contributed by atoms with Crippen molar-refractivity contribution < 1.29 is 14.8 Å². The fraction of sp³-hybridized carbons (Fsp3) is 0.351. The van der Waals surface area contributed by atoms with Crippen LogP contribution in [0.4, 0.5) is 17.1 Å². The van der Waals surface area contributed by atoms with Crippen LogP contribution in [0.1, 0.15) is 68.2 Å². The van der Waals surface area contributed by atoms with Gasteiger partial charge < -0.3 is 16.0 Å². The summed E-state index contributed by atoms with van der Waals surface area (Å²) in [7, 11) is 0. The molecule has 4 aromatic rings. The maximum absolute atomic E-state index is 10.5. The Morgan fingerprint density at radius 2 is 0.940 bits per heavy atom. The van der Waals surface area contributed by atoms with Crippen molar-refractivity contribution >= 4 is 28.7 Å². The van der Waals surface area contributed by atoms with E-state index in [1.165, 1.54) is 56.4 Å². The second-order valence-electron chi connectivity index (χ2n) is 12.3. The van der Waals surface area contributed by atoms with Crippen molar-refractivity contribution in [3.8, 4) is 0 Å². The van der Waals surface area contributed by atoms with Gasteiger partial charge in [-0.25, -0.2) is 0 Å². The van der Waals surface area contributed by atoms with Crippen LogP contribution >= 0.6 is 11.6 Å².